The van der Waals surface area contributed by atoms with Crippen molar-refractivity contribution >= 4 is 5.91 Å². The minimum Gasteiger partial charge on any atom is -0.493 e. The summed E-state index contributed by atoms with van der Waals surface area (Å²) in [5, 5.41) is 2.97. The van der Waals surface area contributed by atoms with Crippen LogP contribution in [0.25, 0.3) is 0 Å². The quantitative estimate of drug-likeness (QED) is 0.691. The third-order valence-corrected chi connectivity index (χ3v) is 6.16. The molecule has 1 atom stereocenters. The number of nitrogens with one attached hydrogen (secondary N) is 1. The summed E-state index contributed by atoms with van der Waals surface area (Å²) in [7, 11) is 1.65. The van der Waals surface area contributed by atoms with Crippen LogP contribution in [0.15, 0.2) is 72.8 Å². The highest BCUT2D eigenvalue weighted by Gasteiger charge is 2.40. The number of fused-ring (bicyclic) bond motifs is 1. The Labute approximate surface area is 182 Å². The Balaban J connectivity index is 1.50. The van der Waals surface area contributed by atoms with Gasteiger partial charge >= 0.3 is 0 Å². The van der Waals surface area contributed by atoms with E-state index in [9.17, 15) is 4.79 Å². The number of carbonyl (C=O) groups is 1. The monoisotopic (exact) mass is 415 g/mol. The second-order valence-corrected chi connectivity index (χ2v) is 8.04. The molecule has 1 heterocycles. The standard InChI is InChI=1S/C26H25NO4/c1-29-23-12-11-21(15-24(23)31-22-13-18-7-5-6-8-19(18)14-22)26(17-27-25(28)16-30-26)20-9-3-2-4-10-20/h2-12,15,22H,13-14,16-17H2,1H3,(H,27,28). The van der Waals surface area contributed by atoms with Gasteiger partial charge in [-0.05, 0) is 34.4 Å². The van der Waals surface area contributed by atoms with E-state index >= 15 is 0 Å². The van der Waals surface area contributed by atoms with Gasteiger partial charge in [0, 0.05) is 12.8 Å². The number of hydrogen-bond donors (Lipinski definition) is 1. The van der Waals surface area contributed by atoms with E-state index in [2.05, 4.69) is 29.6 Å². The average molecular weight is 415 g/mol. The zero-order chi connectivity index (χ0) is 21.3. The molecule has 0 bridgehead atoms. The first kappa shape index (κ1) is 19.6. The van der Waals surface area contributed by atoms with Crippen LogP contribution in [-0.4, -0.2) is 32.3 Å². The molecule has 1 amide bonds. The van der Waals surface area contributed by atoms with Crippen LogP contribution in [-0.2, 0) is 28.0 Å². The summed E-state index contributed by atoms with van der Waals surface area (Å²) in [5.41, 5.74) is 3.80. The van der Waals surface area contributed by atoms with E-state index in [1.165, 1.54) is 11.1 Å². The van der Waals surface area contributed by atoms with Crippen molar-refractivity contribution in [2.45, 2.75) is 24.5 Å². The van der Waals surface area contributed by atoms with Crippen LogP contribution in [0.3, 0.4) is 0 Å². The first-order valence-electron chi connectivity index (χ1n) is 10.6. The molecule has 1 saturated heterocycles. The highest BCUT2D eigenvalue weighted by molar-refractivity contribution is 5.78. The molecule has 1 N–H and O–H groups in total. The minimum atomic E-state index is -0.780. The fraction of sp³-hybridized carbons (Fsp3) is 0.269. The third-order valence-electron chi connectivity index (χ3n) is 6.16. The van der Waals surface area contributed by atoms with Gasteiger partial charge in [-0.25, -0.2) is 0 Å². The zero-order valence-electron chi connectivity index (χ0n) is 17.5. The van der Waals surface area contributed by atoms with Crippen molar-refractivity contribution in [1.29, 1.82) is 0 Å². The molecule has 0 saturated carbocycles. The summed E-state index contributed by atoms with van der Waals surface area (Å²) in [5.74, 6) is 1.26. The molecule has 0 radical (unpaired) electrons. The summed E-state index contributed by atoms with van der Waals surface area (Å²) in [6.07, 6.45) is 1.81. The maximum Gasteiger partial charge on any atom is 0.246 e. The molecule has 5 nitrogen and oxygen atoms in total. The van der Waals surface area contributed by atoms with Crippen molar-refractivity contribution in [1.82, 2.24) is 5.32 Å². The van der Waals surface area contributed by atoms with Gasteiger partial charge in [-0.1, -0.05) is 60.7 Å². The van der Waals surface area contributed by atoms with Gasteiger partial charge in [-0.15, -0.1) is 0 Å². The summed E-state index contributed by atoms with van der Waals surface area (Å²) >= 11 is 0. The van der Waals surface area contributed by atoms with Crippen molar-refractivity contribution in [3.8, 4) is 11.5 Å². The summed E-state index contributed by atoms with van der Waals surface area (Å²) in [4.78, 5) is 11.8. The maximum absolute atomic E-state index is 11.8. The zero-order valence-corrected chi connectivity index (χ0v) is 17.5. The molecule has 0 spiro atoms. The van der Waals surface area contributed by atoms with Crippen LogP contribution in [0, 0.1) is 0 Å². The van der Waals surface area contributed by atoms with Crippen molar-refractivity contribution in [3.63, 3.8) is 0 Å². The molecule has 3 aromatic carbocycles. The molecular weight excluding hydrogens is 390 g/mol. The Hall–Kier alpha value is -3.31. The van der Waals surface area contributed by atoms with E-state index in [4.69, 9.17) is 14.2 Å². The van der Waals surface area contributed by atoms with E-state index in [1.807, 2.05) is 48.5 Å². The van der Waals surface area contributed by atoms with Crippen molar-refractivity contribution < 1.29 is 19.0 Å². The van der Waals surface area contributed by atoms with Gasteiger partial charge in [0.15, 0.2) is 11.5 Å². The van der Waals surface area contributed by atoms with Crippen LogP contribution in [0.2, 0.25) is 0 Å². The molecule has 1 aliphatic carbocycles. The number of ether oxygens (including phenoxy) is 3. The topological polar surface area (TPSA) is 56.8 Å². The molecule has 3 aromatic rings. The van der Waals surface area contributed by atoms with Gasteiger partial charge in [0.2, 0.25) is 5.91 Å². The van der Waals surface area contributed by atoms with Gasteiger partial charge in [-0.3, -0.25) is 4.79 Å². The van der Waals surface area contributed by atoms with E-state index in [-0.39, 0.29) is 18.6 Å². The lowest BCUT2D eigenvalue weighted by atomic mass is 9.85. The Morgan fingerprint density at radius 3 is 2.26 bits per heavy atom. The second kappa shape index (κ2) is 8.08. The van der Waals surface area contributed by atoms with Crippen LogP contribution in [0.1, 0.15) is 22.3 Å². The molecule has 1 aliphatic heterocycles. The normalized spacial score (nSPS) is 20.7. The van der Waals surface area contributed by atoms with E-state index in [0.29, 0.717) is 18.0 Å². The maximum atomic E-state index is 11.8. The van der Waals surface area contributed by atoms with Crippen LogP contribution in [0.4, 0.5) is 0 Å². The molecule has 1 unspecified atom stereocenters. The lowest BCUT2D eigenvalue weighted by molar-refractivity contribution is -0.140. The van der Waals surface area contributed by atoms with E-state index in [0.717, 1.165) is 24.0 Å². The first-order chi connectivity index (χ1) is 15.2. The Kier molecular flexibility index (Phi) is 5.12. The molecule has 5 heteroatoms. The molecule has 31 heavy (non-hydrogen) atoms. The number of methoxy groups -OCH3 is 1. The summed E-state index contributed by atoms with van der Waals surface area (Å²) in [6.45, 7) is 0.367. The predicted octanol–water partition coefficient (Wildman–Crippen LogP) is 3.63. The highest BCUT2D eigenvalue weighted by Crippen LogP contribution is 2.40. The Morgan fingerprint density at radius 1 is 0.903 bits per heavy atom. The van der Waals surface area contributed by atoms with Gasteiger partial charge in [-0.2, -0.15) is 0 Å². The second-order valence-electron chi connectivity index (χ2n) is 8.04. The number of rotatable bonds is 5. The average Bonchev–Trinajstić information content (AvgIpc) is 3.23. The van der Waals surface area contributed by atoms with Gasteiger partial charge < -0.3 is 19.5 Å². The van der Waals surface area contributed by atoms with Crippen molar-refractivity contribution in [2.75, 3.05) is 20.3 Å². The molecular formula is C26H25NO4. The smallest absolute Gasteiger partial charge is 0.246 e. The Bertz CT molecular complexity index is 1060. The van der Waals surface area contributed by atoms with Crippen LogP contribution >= 0.6 is 0 Å². The van der Waals surface area contributed by atoms with Crippen molar-refractivity contribution in [3.05, 3.63) is 95.1 Å². The molecule has 0 aromatic heterocycles. The molecule has 158 valence electrons. The lowest BCUT2D eigenvalue weighted by Gasteiger charge is -2.38. The molecule has 5 rings (SSSR count). The molecule has 1 fully saturated rings. The third kappa shape index (κ3) is 3.66. The van der Waals surface area contributed by atoms with E-state index < -0.39 is 5.60 Å². The van der Waals surface area contributed by atoms with Gasteiger partial charge in [0.1, 0.15) is 18.3 Å². The fourth-order valence-electron chi connectivity index (χ4n) is 4.56. The number of amides is 1. The van der Waals surface area contributed by atoms with E-state index in [1.54, 1.807) is 7.11 Å². The Morgan fingerprint density at radius 2 is 1.61 bits per heavy atom. The highest BCUT2D eigenvalue weighted by atomic mass is 16.5. The largest absolute Gasteiger partial charge is 0.493 e. The molecule has 2 aliphatic rings. The van der Waals surface area contributed by atoms with Crippen LogP contribution in [0.5, 0.6) is 11.5 Å². The minimum absolute atomic E-state index is 0.00898. The van der Waals surface area contributed by atoms with Gasteiger partial charge in [0.25, 0.3) is 0 Å². The number of morpholine rings is 1. The number of benzene rings is 3. The number of carbonyl (C=O) groups excluding carboxylic acids is 1. The van der Waals surface area contributed by atoms with Crippen molar-refractivity contribution in [2.24, 2.45) is 0 Å². The SMILES string of the molecule is COc1ccc(C2(c3ccccc3)CNC(=O)CO2)cc1OC1Cc2ccccc2C1. The van der Waals surface area contributed by atoms with Gasteiger partial charge in [0.05, 0.1) is 13.7 Å². The lowest BCUT2D eigenvalue weighted by Crippen LogP contribution is -2.51. The number of hydrogen-bond acceptors (Lipinski definition) is 4. The summed E-state index contributed by atoms with van der Waals surface area (Å²) in [6, 6.07) is 24.3. The first-order valence-corrected chi connectivity index (χ1v) is 10.6. The fourth-order valence-corrected chi connectivity index (χ4v) is 4.56. The predicted molar refractivity (Wildman–Crippen MR) is 117 cm³/mol. The summed E-state index contributed by atoms with van der Waals surface area (Å²) < 4.78 is 18.2. The van der Waals surface area contributed by atoms with Crippen LogP contribution < -0.4 is 14.8 Å².